The van der Waals surface area contributed by atoms with Gasteiger partial charge in [-0.05, 0) is 18.2 Å². The van der Waals surface area contributed by atoms with Crippen LogP contribution in [-0.4, -0.2) is 34.2 Å². The summed E-state index contributed by atoms with van der Waals surface area (Å²) in [5.41, 5.74) is 1.09. The summed E-state index contributed by atoms with van der Waals surface area (Å²) in [6.45, 7) is 0.280. The van der Waals surface area contributed by atoms with Gasteiger partial charge in [-0.2, -0.15) is 0 Å². The molecule has 2 heterocycles. The molecule has 1 fully saturated rings. The number of carbonyl (C=O) groups excluding carboxylic acids is 2. The minimum atomic E-state index is -1.09. The third-order valence-electron chi connectivity index (χ3n) is 3.26. The molecule has 2 N–H and O–H groups in total. The van der Waals surface area contributed by atoms with E-state index < -0.39 is 12.1 Å². The number of carboxylic acid groups (broad SMARTS) is 1. The molecule has 0 radical (unpaired) electrons. The van der Waals surface area contributed by atoms with E-state index in [-0.39, 0.29) is 18.9 Å². The smallest absolute Gasteiger partial charge is 0.416 e. The first-order valence-electron chi connectivity index (χ1n) is 6.02. The van der Waals surface area contributed by atoms with Crippen molar-refractivity contribution < 1.29 is 19.5 Å². The fourth-order valence-electron chi connectivity index (χ4n) is 2.35. The van der Waals surface area contributed by atoms with Crippen LogP contribution in [0.2, 0.25) is 0 Å². The van der Waals surface area contributed by atoms with Gasteiger partial charge in [-0.25, -0.2) is 9.59 Å². The highest BCUT2D eigenvalue weighted by Gasteiger charge is 2.26. The van der Waals surface area contributed by atoms with Crippen LogP contribution in [0.1, 0.15) is 6.42 Å². The summed E-state index contributed by atoms with van der Waals surface area (Å²) in [5.74, 6) is -0.304. The summed E-state index contributed by atoms with van der Waals surface area (Å²) < 4.78 is 1.09. The van der Waals surface area contributed by atoms with Crippen LogP contribution in [-0.2, 0) is 4.79 Å². The third kappa shape index (κ3) is 1.80. The predicted molar refractivity (Wildman–Crippen MR) is 70.9 cm³/mol. The minimum absolute atomic E-state index is 0.224. The summed E-state index contributed by atoms with van der Waals surface area (Å²) in [6, 6.07) is 6.23. The lowest BCUT2D eigenvalue weighted by atomic mass is 10.2. The van der Waals surface area contributed by atoms with Gasteiger partial charge in [0.1, 0.15) is 0 Å². The van der Waals surface area contributed by atoms with E-state index in [2.05, 4.69) is 5.32 Å². The summed E-state index contributed by atoms with van der Waals surface area (Å²) >= 11 is 0. The zero-order chi connectivity index (χ0) is 14.3. The molecule has 1 aromatic carbocycles. The quantitative estimate of drug-likeness (QED) is 0.825. The molecule has 3 amide bonds. The van der Waals surface area contributed by atoms with Crippen LogP contribution < -0.4 is 10.2 Å². The lowest BCUT2D eigenvalue weighted by molar-refractivity contribution is -0.120. The zero-order valence-electron chi connectivity index (χ0n) is 10.4. The average Bonchev–Trinajstić information content (AvgIpc) is 2.82. The number of aromatic nitrogens is 1. The molecule has 0 bridgehead atoms. The van der Waals surface area contributed by atoms with Crippen molar-refractivity contribution >= 4 is 34.6 Å². The number of urea groups is 1. The number of imide groups is 1. The van der Waals surface area contributed by atoms with E-state index >= 15 is 0 Å². The zero-order valence-corrected chi connectivity index (χ0v) is 10.4. The summed E-state index contributed by atoms with van der Waals surface area (Å²) in [4.78, 5) is 35.6. The van der Waals surface area contributed by atoms with Crippen LogP contribution in [0.5, 0.6) is 0 Å². The van der Waals surface area contributed by atoms with E-state index in [0.717, 1.165) is 4.57 Å². The van der Waals surface area contributed by atoms with E-state index in [4.69, 9.17) is 5.11 Å². The second-order valence-corrected chi connectivity index (χ2v) is 4.43. The maximum atomic E-state index is 11.9. The van der Waals surface area contributed by atoms with Crippen molar-refractivity contribution in [1.82, 2.24) is 9.88 Å². The van der Waals surface area contributed by atoms with Crippen molar-refractivity contribution in [2.45, 2.75) is 6.42 Å². The standard InChI is InChI=1S/C13H11N3O4/c17-11-5-7-15(12(18)14-11)9-2-1-3-10-8(9)4-6-16(10)13(19)20/h1-4,6H,5,7H2,(H,19,20)(H,14,17,18). The molecule has 2 aromatic rings. The molecule has 0 spiro atoms. The van der Waals surface area contributed by atoms with Gasteiger partial charge >= 0.3 is 12.1 Å². The number of carbonyl (C=O) groups is 3. The van der Waals surface area contributed by atoms with Crippen LogP contribution >= 0.6 is 0 Å². The first-order valence-corrected chi connectivity index (χ1v) is 6.02. The molecule has 0 saturated carbocycles. The van der Waals surface area contributed by atoms with E-state index in [9.17, 15) is 14.4 Å². The first kappa shape index (κ1) is 12.2. The van der Waals surface area contributed by atoms with Gasteiger partial charge in [0.15, 0.2) is 0 Å². The molecular formula is C13H11N3O4. The SMILES string of the molecule is O=C1CCN(c2cccc3c2ccn3C(=O)O)C(=O)N1. The van der Waals surface area contributed by atoms with Gasteiger partial charge in [0, 0.05) is 24.5 Å². The monoisotopic (exact) mass is 273 g/mol. The molecule has 0 aliphatic carbocycles. The van der Waals surface area contributed by atoms with E-state index in [1.54, 1.807) is 24.3 Å². The van der Waals surface area contributed by atoms with Gasteiger partial charge < -0.3 is 5.11 Å². The van der Waals surface area contributed by atoms with E-state index in [0.29, 0.717) is 16.6 Å². The maximum absolute atomic E-state index is 11.9. The van der Waals surface area contributed by atoms with Gasteiger partial charge in [0.25, 0.3) is 0 Å². The summed E-state index contributed by atoms with van der Waals surface area (Å²) in [6.07, 6.45) is 0.570. The lowest BCUT2D eigenvalue weighted by Crippen LogP contribution is -2.49. The molecule has 20 heavy (non-hydrogen) atoms. The van der Waals surface area contributed by atoms with Crippen LogP contribution in [0, 0.1) is 0 Å². The number of amides is 3. The van der Waals surface area contributed by atoms with Crippen molar-refractivity contribution in [3.8, 4) is 0 Å². The average molecular weight is 273 g/mol. The fourth-order valence-corrected chi connectivity index (χ4v) is 2.35. The Bertz CT molecular complexity index is 734. The Morgan fingerprint density at radius 3 is 2.75 bits per heavy atom. The van der Waals surface area contributed by atoms with Crippen molar-refractivity contribution in [3.05, 3.63) is 30.5 Å². The minimum Gasteiger partial charge on any atom is -0.464 e. The van der Waals surface area contributed by atoms with Crippen LogP contribution in [0.3, 0.4) is 0 Å². The van der Waals surface area contributed by atoms with Crippen molar-refractivity contribution in [3.63, 3.8) is 0 Å². The lowest BCUT2D eigenvalue weighted by Gasteiger charge is -2.27. The Kier molecular flexibility index (Phi) is 2.67. The summed E-state index contributed by atoms with van der Waals surface area (Å²) in [7, 11) is 0. The molecule has 1 aliphatic rings. The van der Waals surface area contributed by atoms with Gasteiger partial charge in [-0.1, -0.05) is 6.07 Å². The second-order valence-electron chi connectivity index (χ2n) is 4.43. The molecule has 7 nitrogen and oxygen atoms in total. The molecule has 0 unspecified atom stereocenters. The Hall–Kier alpha value is -2.83. The number of hydrogen-bond acceptors (Lipinski definition) is 3. The number of hydrogen-bond donors (Lipinski definition) is 2. The van der Waals surface area contributed by atoms with Crippen molar-refractivity contribution in [1.29, 1.82) is 0 Å². The Morgan fingerprint density at radius 1 is 1.25 bits per heavy atom. The first-order chi connectivity index (χ1) is 9.58. The summed E-state index contributed by atoms with van der Waals surface area (Å²) in [5, 5.41) is 12.0. The van der Waals surface area contributed by atoms with E-state index in [1.807, 2.05) is 0 Å². The number of nitrogens with zero attached hydrogens (tertiary/aromatic N) is 2. The molecule has 0 atom stereocenters. The van der Waals surface area contributed by atoms with Crippen LogP contribution in [0.25, 0.3) is 10.9 Å². The highest BCUT2D eigenvalue weighted by atomic mass is 16.4. The van der Waals surface area contributed by atoms with Gasteiger partial charge in [-0.3, -0.25) is 19.6 Å². The van der Waals surface area contributed by atoms with Crippen LogP contribution in [0.4, 0.5) is 15.3 Å². The third-order valence-corrected chi connectivity index (χ3v) is 3.26. The van der Waals surface area contributed by atoms with Gasteiger partial charge in [-0.15, -0.1) is 0 Å². The van der Waals surface area contributed by atoms with E-state index in [1.165, 1.54) is 11.1 Å². The molecular weight excluding hydrogens is 262 g/mol. The Labute approximate surface area is 113 Å². The topological polar surface area (TPSA) is 91.6 Å². The molecule has 1 aromatic heterocycles. The van der Waals surface area contributed by atoms with Crippen LogP contribution in [0.15, 0.2) is 30.5 Å². The van der Waals surface area contributed by atoms with Gasteiger partial charge in [0.05, 0.1) is 11.2 Å². The Balaban J connectivity index is 2.10. The predicted octanol–water partition coefficient (Wildman–Crippen LogP) is 1.61. The number of fused-ring (bicyclic) bond motifs is 1. The molecule has 1 saturated heterocycles. The van der Waals surface area contributed by atoms with Crippen molar-refractivity contribution in [2.24, 2.45) is 0 Å². The fraction of sp³-hybridized carbons (Fsp3) is 0.154. The molecule has 1 aliphatic heterocycles. The highest BCUT2D eigenvalue weighted by molar-refractivity contribution is 6.10. The number of rotatable bonds is 1. The highest BCUT2D eigenvalue weighted by Crippen LogP contribution is 2.28. The number of benzene rings is 1. The molecule has 3 rings (SSSR count). The van der Waals surface area contributed by atoms with Crippen molar-refractivity contribution in [2.75, 3.05) is 11.4 Å². The largest absolute Gasteiger partial charge is 0.464 e. The molecule has 102 valence electrons. The van der Waals surface area contributed by atoms with Gasteiger partial charge in [0.2, 0.25) is 5.91 Å². The molecule has 7 heteroatoms. The Morgan fingerprint density at radius 2 is 2.05 bits per heavy atom. The second kappa shape index (κ2) is 4.37. The number of nitrogens with one attached hydrogen (secondary N) is 1. The maximum Gasteiger partial charge on any atom is 0.416 e. The normalized spacial score (nSPS) is 15.5. The number of anilines is 1.